The van der Waals surface area contributed by atoms with Crippen LogP contribution in [0.4, 0.5) is 0 Å². The molecule has 0 aromatic rings. The van der Waals surface area contributed by atoms with Crippen molar-refractivity contribution in [1.29, 1.82) is 0 Å². The van der Waals surface area contributed by atoms with E-state index in [1.54, 1.807) is 7.11 Å². The van der Waals surface area contributed by atoms with Crippen LogP contribution in [0, 0.1) is 0 Å². The van der Waals surface area contributed by atoms with Gasteiger partial charge >= 0.3 is 7.82 Å². The van der Waals surface area contributed by atoms with Crippen molar-refractivity contribution < 1.29 is 37.1 Å². The van der Waals surface area contributed by atoms with Gasteiger partial charge in [0.1, 0.15) is 20.1 Å². The van der Waals surface area contributed by atoms with Crippen LogP contribution in [0.3, 0.4) is 0 Å². The van der Waals surface area contributed by atoms with Crippen LogP contribution < -0.4 is 0 Å². The van der Waals surface area contributed by atoms with Crippen LogP contribution in [0.15, 0.2) is 0 Å². The van der Waals surface area contributed by atoms with Gasteiger partial charge in [-0.1, -0.05) is 10.8 Å². The molecule has 14 heteroatoms. The highest BCUT2D eigenvalue weighted by Crippen LogP contribution is 2.53. The first kappa shape index (κ1) is 25.1. The van der Waals surface area contributed by atoms with Crippen molar-refractivity contribution in [3.63, 3.8) is 0 Å². The number of phosphoric ester groups is 1. The monoisotopic (exact) mass is 449 g/mol. The molecular weight excluding hydrogens is 424 g/mol. The van der Waals surface area contributed by atoms with Crippen molar-refractivity contribution in [2.75, 3.05) is 39.8 Å². The van der Waals surface area contributed by atoms with E-state index in [0.29, 0.717) is 18.6 Å². The SMILES string of the molecule is [B][B][C@H]1C[C@@H](OC)[C@@H](COP(=O)(OCCSS)O[C@@H]2C[C@H]([B])O[C@@H]2COC)O1. The van der Waals surface area contributed by atoms with E-state index in [2.05, 4.69) is 11.7 Å². The number of phosphoric acid groups is 1. The molecule has 2 aliphatic rings. The molecular formula is C14H25B3O8PS2. The van der Waals surface area contributed by atoms with Crippen molar-refractivity contribution in [3.05, 3.63) is 0 Å². The van der Waals surface area contributed by atoms with E-state index in [0.717, 1.165) is 0 Å². The van der Waals surface area contributed by atoms with E-state index >= 15 is 0 Å². The van der Waals surface area contributed by atoms with Gasteiger partial charge in [-0.15, -0.1) is 11.7 Å². The van der Waals surface area contributed by atoms with Gasteiger partial charge < -0.3 is 18.9 Å². The Kier molecular flexibility index (Phi) is 11.3. The normalized spacial score (nSPS) is 35.1. The Morgan fingerprint density at radius 2 is 1.93 bits per heavy atom. The lowest BCUT2D eigenvalue weighted by molar-refractivity contribution is -0.0403. The molecule has 2 saturated heterocycles. The Morgan fingerprint density at radius 1 is 1.18 bits per heavy atom. The van der Waals surface area contributed by atoms with E-state index in [1.165, 1.54) is 25.1 Å². The summed E-state index contributed by atoms with van der Waals surface area (Å²) in [5.41, 5.74) is 0. The van der Waals surface area contributed by atoms with E-state index < -0.39 is 32.1 Å². The minimum absolute atomic E-state index is 0.0390. The van der Waals surface area contributed by atoms with Crippen molar-refractivity contribution in [2.45, 2.75) is 49.3 Å². The predicted octanol–water partition coefficient (Wildman–Crippen LogP) is 0.938. The summed E-state index contributed by atoms with van der Waals surface area (Å²) in [5, 5.41) is 0. The Hall–Kier alpha value is 0.845. The summed E-state index contributed by atoms with van der Waals surface area (Å²) in [5.74, 6) is 0.507. The van der Waals surface area contributed by atoms with Gasteiger partial charge in [-0.3, -0.25) is 13.6 Å². The van der Waals surface area contributed by atoms with Gasteiger partial charge in [0.15, 0.2) is 0 Å². The maximum absolute atomic E-state index is 13.2. The third kappa shape index (κ3) is 7.52. The summed E-state index contributed by atoms with van der Waals surface area (Å²) in [7, 11) is 13.3. The summed E-state index contributed by atoms with van der Waals surface area (Å²) < 4.78 is 51.8. The van der Waals surface area contributed by atoms with Crippen LogP contribution in [0.2, 0.25) is 0 Å². The molecule has 1 unspecified atom stereocenters. The summed E-state index contributed by atoms with van der Waals surface area (Å²) >= 11 is 4.05. The van der Waals surface area contributed by atoms with Crippen LogP contribution in [-0.2, 0) is 37.1 Å². The first-order chi connectivity index (χ1) is 13.4. The van der Waals surface area contributed by atoms with Crippen molar-refractivity contribution in [1.82, 2.24) is 0 Å². The Balaban J connectivity index is 2.00. The van der Waals surface area contributed by atoms with Crippen LogP contribution in [0.5, 0.6) is 0 Å². The highest BCUT2D eigenvalue weighted by atomic mass is 33.1. The van der Waals surface area contributed by atoms with Gasteiger partial charge in [0, 0.05) is 39.7 Å². The third-order valence-corrected chi connectivity index (χ3v) is 6.78. The molecule has 0 aromatic carbocycles. The van der Waals surface area contributed by atoms with E-state index in [1.807, 2.05) is 0 Å². The van der Waals surface area contributed by atoms with Gasteiger partial charge in [-0.2, -0.15) is 0 Å². The van der Waals surface area contributed by atoms with E-state index in [4.69, 9.17) is 48.1 Å². The van der Waals surface area contributed by atoms with Crippen LogP contribution in [0.1, 0.15) is 12.8 Å². The minimum Gasteiger partial charge on any atom is -0.382 e. The number of thiol groups is 1. The molecule has 0 bridgehead atoms. The lowest BCUT2D eigenvalue weighted by atomic mass is 9.51. The fourth-order valence-corrected chi connectivity index (χ4v) is 4.95. The second kappa shape index (κ2) is 12.6. The van der Waals surface area contributed by atoms with Gasteiger partial charge in [0.2, 0.25) is 0 Å². The van der Waals surface area contributed by atoms with Crippen LogP contribution >= 0.6 is 30.3 Å². The zero-order valence-corrected chi connectivity index (χ0v) is 18.6. The zero-order chi connectivity index (χ0) is 20.6. The number of methoxy groups -OCH3 is 2. The minimum atomic E-state index is -3.92. The average Bonchev–Trinajstić information content (AvgIpc) is 3.23. The fraction of sp³-hybridized carbons (Fsp3) is 1.00. The van der Waals surface area contributed by atoms with Crippen LogP contribution in [0.25, 0.3) is 0 Å². The number of ether oxygens (including phenoxy) is 4. The largest absolute Gasteiger partial charge is 0.475 e. The molecule has 155 valence electrons. The lowest BCUT2D eigenvalue weighted by Crippen LogP contribution is -2.31. The van der Waals surface area contributed by atoms with Crippen LogP contribution in [-0.4, -0.2) is 99.0 Å². The molecule has 2 heterocycles. The first-order valence-corrected chi connectivity index (χ1v) is 12.4. The first-order valence-electron chi connectivity index (χ1n) is 8.91. The molecule has 0 N–H and O–H groups in total. The predicted molar refractivity (Wildman–Crippen MR) is 112 cm³/mol. The van der Waals surface area contributed by atoms with Gasteiger partial charge in [0.05, 0.1) is 39.2 Å². The molecule has 28 heavy (non-hydrogen) atoms. The lowest BCUT2D eigenvalue weighted by Gasteiger charge is -2.26. The quantitative estimate of drug-likeness (QED) is 0.145. The molecule has 0 saturated carbocycles. The second-order valence-corrected chi connectivity index (χ2v) is 9.44. The number of hydrogen-bond donors (Lipinski definition) is 1. The smallest absolute Gasteiger partial charge is 0.382 e. The standard InChI is InChI=1S/C14H25B3O8PS2/c1-19-7-11-10(5-13(15)23-11)25-26(18,21-3-4-28-27)22-8-12-9(20-2)6-14(17-16)24-12/h9-14,27H,3-8H2,1-2H3/t9-,10-,11-,12-,13-,14-,26?/m1/s1. The molecule has 0 aromatic heterocycles. The Bertz CT molecular complexity index is 511. The highest BCUT2D eigenvalue weighted by Gasteiger charge is 2.42. The molecule has 2 rings (SSSR count). The zero-order valence-electron chi connectivity index (χ0n) is 16.0. The molecule has 2 fully saturated rings. The summed E-state index contributed by atoms with van der Waals surface area (Å²) in [6.07, 6.45) is -0.813. The van der Waals surface area contributed by atoms with Crippen molar-refractivity contribution >= 4 is 53.0 Å². The average molecular weight is 449 g/mol. The number of rotatable bonds is 13. The van der Waals surface area contributed by atoms with Gasteiger partial charge in [-0.05, 0) is 12.8 Å². The van der Waals surface area contributed by atoms with E-state index in [-0.39, 0.29) is 31.9 Å². The van der Waals surface area contributed by atoms with E-state index in [9.17, 15) is 4.57 Å². The number of hydrogen-bond acceptors (Lipinski definition) is 10. The molecule has 2 aliphatic heterocycles. The maximum atomic E-state index is 13.2. The Labute approximate surface area is 179 Å². The van der Waals surface area contributed by atoms with Crippen molar-refractivity contribution in [2.24, 2.45) is 0 Å². The molecule has 5 radical (unpaired) electrons. The summed E-state index contributed by atoms with van der Waals surface area (Å²) in [6.45, 7) is 0.345. The summed E-state index contributed by atoms with van der Waals surface area (Å²) in [4.78, 5) is 0. The maximum Gasteiger partial charge on any atom is 0.475 e. The molecule has 0 aliphatic carbocycles. The topological polar surface area (TPSA) is 81.7 Å². The molecule has 8 nitrogen and oxygen atoms in total. The third-order valence-electron chi connectivity index (χ3n) is 4.39. The fourth-order valence-electron chi connectivity index (χ4n) is 3.05. The summed E-state index contributed by atoms with van der Waals surface area (Å²) in [6, 6.07) is -0.795. The molecule has 7 atom stereocenters. The Morgan fingerprint density at radius 3 is 2.57 bits per heavy atom. The molecule has 0 amide bonds. The second-order valence-electron chi connectivity index (χ2n) is 6.37. The highest BCUT2D eigenvalue weighted by molar-refractivity contribution is 8.68. The van der Waals surface area contributed by atoms with Gasteiger partial charge in [0.25, 0.3) is 0 Å². The molecule has 0 spiro atoms. The van der Waals surface area contributed by atoms with Crippen molar-refractivity contribution in [3.8, 4) is 0 Å². The van der Waals surface area contributed by atoms with Gasteiger partial charge in [-0.25, -0.2) is 4.57 Å².